The smallest absolute Gasteiger partial charge is 0.256 e. The van der Waals surface area contributed by atoms with Crippen LogP contribution in [0.25, 0.3) is 89.0 Å². The molecule has 0 unspecified atom stereocenters. The number of rotatable bonds is 10. The Bertz CT molecular complexity index is 5270. The Hall–Kier alpha value is -12.4. The van der Waals surface area contributed by atoms with Crippen molar-refractivity contribution in [2.75, 3.05) is 9.80 Å². The molecule has 4 heterocycles. The van der Waals surface area contributed by atoms with Crippen LogP contribution >= 0.6 is 0 Å². The molecule has 15 aromatic carbocycles. The van der Waals surface area contributed by atoms with E-state index in [0.29, 0.717) is 0 Å². The van der Waals surface area contributed by atoms with Gasteiger partial charge in [0.25, 0.3) is 13.4 Å². The van der Waals surface area contributed by atoms with Crippen LogP contribution in [0.3, 0.4) is 0 Å². The molecule has 19 rings (SSSR count). The van der Waals surface area contributed by atoms with Crippen molar-refractivity contribution in [3.05, 3.63) is 350 Å². The molecule has 0 saturated carbocycles. The number of aryl methyl sites for hydroxylation is 4. The molecule has 0 aromatic heterocycles. The third-order valence-electron chi connectivity index (χ3n) is 20.9. The molecular formula is C94H66B2N2O2. The van der Waals surface area contributed by atoms with E-state index >= 15 is 0 Å². The van der Waals surface area contributed by atoms with Gasteiger partial charge in [-0.2, -0.15) is 0 Å². The number of hydrogen-bond donors (Lipinski definition) is 0. The van der Waals surface area contributed by atoms with Gasteiger partial charge in [0.2, 0.25) is 0 Å². The van der Waals surface area contributed by atoms with Gasteiger partial charge in [0.1, 0.15) is 23.0 Å². The summed E-state index contributed by atoms with van der Waals surface area (Å²) < 4.78 is 15.4. The van der Waals surface area contributed by atoms with Gasteiger partial charge in [-0.3, -0.25) is 0 Å². The molecule has 6 heteroatoms. The van der Waals surface area contributed by atoms with Crippen LogP contribution in [0.15, 0.2) is 328 Å². The van der Waals surface area contributed by atoms with Crippen molar-refractivity contribution in [1.29, 1.82) is 0 Å². The molecule has 0 spiro atoms. The SMILES string of the molecule is Cc1ccc(-c2ccc3c(c2)N(c2c(-c4ccccc4)cc(C)cc2-c2ccccc2)c2cc(-c4ccccc4)cc4c2B3c2cc3c(cc2O4)Oc2cc(-c4ccccc4)cc4c2B3c2ccc(-c3ccc(C)cc3)cc2N4c2c(-c3ccccc3)cc(C)cc2-c2ccccc2)cc1. The molecule has 0 atom stereocenters. The van der Waals surface area contributed by atoms with Crippen LogP contribution in [0, 0.1) is 27.7 Å². The fourth-order valence-electron chi connectivity index (χ4n) is 16.3. The van der Waals surface area contributed by atoms with Gasteiger partial charge in [0.15, 0.2) is 0 Å². The topological polar surface area (TPSA) is 24.9 Å². The van der Waals surface area contributed by atoms with Crippen molar-refractivity contribution < 1.29 is 9.47 Å². The monoisotopic (exact) mass is 1280 g/mol. The third kappa shape index (κ3) is 9.84. The maximum atomic E-state index is 7.72. The van der Waals surface area contributed by atoms with E-state index in [1.54, 1.807) is 0 Å². The van der Waals surface area contributed by atoms with Gasteiger partial charge in [-0.05, 0) is 199 Å². The molecule has 4 nitrogen and oxygen atoms in total. The fourth-order valence-corrected chi connectivity index (χ4v) is 16.3. The Morgan fingerprint density at radius 2 is 0.500 bits per heavy atom. The summed E-state index contributed by atoms with van der Waals surface area (Å²) in [5.41, 5.74) is 36.2. The zero-order valence-corrected chi connectivity index (χ0v) is 56.0. The van der Waals surface area contributed by atoms with E-state index < -0.39 is 0 Å². The molecule has 0 amide bonds. The van der Waals surface area contributed by atoms with Crippen LogP contribution in [0.1, 0.15) is 22.3 Å². The van der Waals surface area contributed by atoms with Crippen LogP contribution in [0.2, 0.25) is 0 Å². The van der Waals surface area contributed by atoms with Crippen LogP contribution in [-0.4, -0.2) is 13.4 Å². The first-order chi connectivity index (χ1) is 49.2. The second-order valence-electron chi connectivity index (χ2n) is 27.4. The van der Waals surface area contributed by atoms with E-state index in [9.17, 15) is 0 Å². The standard InChI is InChI=1S/C94H66B2N2O2/c1-59-35-39-65(40-36-59)71-43-45-79-83(51-71)97(93-75(67-27-15-7-16-28-67)47-61(3)48-76(93)68-29-17-8-18-30-68)85-53-73(63-23-11-5-12-24-63)55-89-91(85)95(79)81-57-82-88(58-87(81)99-89)100-90-56-74(64-25-13-6-14-26-64)54-86-92(90)96(82)80-46-44-72(66-41-37-60(2)38-42-66)52-84(80)98(86)94-77(69-31-19-9-20-32-69)49-62(4)50-78(94)70-33-21-10-22-34-70/h5-58H,1-4H3. The van der Waals surface area contributed by atoms with Crippen molar-refractivity contribution in [3.63, 3.8) is 0 Å². The molecule has 0 saturated heterocycles. The minimum atomic E-state index is -0.271. The van der Waals surface area contributed by atoms with Gasteiger partial charge >= 0.3 is 0 Å². The number of nitrogens with zero attached hydrogens (tertiary/aromatic N) is 2. The van der Waals surface area contributed by atoms with Gasteiger partial charge in [0, 0.05) is 51.1 Å². The molecule has 4 aliphatic rings. The fraction of sp³-hybridized carbons (Fsp3) is 0.0426. The zero-order chi connectivity index (χ0) is 66.7. The highest BCUT2D eigenvalue weighted by molar-refractivity contribution is 7.02. The van der Waals surface area contributed by atoms with Gasteiger partial charge < -0.3 is 19.3 Å². The summed E-state index contributed by atoms with van der Waals surface area (Å²) in [6.07, 6.45) is 0. The lowest BCUT2D eigenvalue weighted by Gasteiger charge is -2.43. The van der Waals surface area contributed by atoms with Crippen molar-refractivity contribution in [2.45, 2.75) is 27.7 Å². The normalized spacial score (nSPS) is 12.7. The first-order valence-corrected chi connectivity index (χ1v) is 34.7. The lowest BCUT2D eigenvalue weighted by Crippen LogP contribution is -2.63. The average Bonchev–Trinajstić information content (AvgIpc) is 0.695. The van der Waals surface area contributed by atoms with Crippen LogP contribution in [0.5, 0.6) is 23.0 Å². The first kappa shape index (κ1) is 58.9. The molecule has 0 N–H and O–H groups in total. The summed E-state index contributed by atoms with van der Waals surface area (Å²) in [5, 5.41) is 0. The summed E-state index contributed by atoms with van der Waals surface area (Å²) in [5.74, 6) is 3.18. The molecule has 15 aromatic rings. The van der Waals surface area contributed by atoms with Crippen LogP contribution < -0.4 is 52.1 Å². The second-order valence-corrected chi connectivity index (χ2v) is 27.4. The number of anilines is 6. The Morgan fingerprint density at radius 3 is 0.830 bits per heavy atom. The molecule has 470 valence electrons. The Kier molecular flexibility index (Phi) is 14.0. The van der Waals surface area contributed by atoms with Gasteiger partial charge in [-0.1, -0.05) is 272 Å². The summed E-state index contributed by atoms with van der Waals surface area (Å²) >= 11 is 0. The van der Waals surface area contributed by atoms with E-state index in [-0.39, 0.29) is 13.4 Å². The molecule has 0 fully saturated rings. The van der Waals surface area contributed by atoms with Crippen molar-refractivity contribution in [2.24, 2.45) is 0 Å². The highest BCUT2D eigenvalue weighted by Crippen LogP contribution is 2.54. The maximum absolute atomic E-state index is 7.72. The Morgan fingerprint density at radius 1 is 0.210 bits per heavy atom. The van der Waals surface area contributed by atoms with E-state index in [0.717, 1.165) is 168 Å². The molecule has 0 aliphatic carbocycles. The van der Waals surface area contributed by atoms with Crippen molar-refractivity contribution >= 4 is 80.3 Å². The van der Waals surface area contributed by atoms with Crippen LogP contribution in [-0.2, 0) is 0 Å². The summed E-state index contributed by atoms with van der Waals surface area (Å²) in [6.45, 7) is 8.24. The summed E-state index contributed by atoms with van der Waals surface area (Å²) in [4.78, 5) is 5.19. The van der Waals surface area contributed by atoms with Gasteiger partial charge in [-0.15, -0.1) is 0 Å². The minimum Gasteiger partial charge on any atom is -0.458 e. The Labute approximate surface area is 585 Å². The predicted molar refractivity (Wildman–Crippen MR) is 421 cm³/mol. The minimum absolute atomic E-state index is 0.271. The van der Waals surface area contributed by atoms with Gasteiger partial charge in [0.05, 0.1) is 11.4 Å². The third-order valence-corrected chi connectivity index (χ3v) is 20.9. The highest BCUT2D eigenvalue weighted by atomic mass is 16.5. The lowest BCUT2D eigenvalue weighted by atomic mass is 9.31. The number of ether oxygens (including phenoxy) is 2. The first-order valence-electron chi connectivity index (χ1n) is 34.7. The molecule has 4 aliphatic heterocycles. The Balaban J connectivity index is 0.898. The van der Waals surface area contributed by atoms with E-state index in [1.165, 1.54) is 33.2 Å². The van der Waals surface area contributed by atoms with E-state index in [4.69, 9.17) is 9.47 Å². The molecular weight excluding hydrogens is 1210 g/mol. The largest absolute Gasteiger partial charge is 0.458 e. The number of hydrogen-bond acceptors (Lipinski definition) is 4. The predicted octanol–water partition coefficient (Wildman–Crippen LogP) is 21.1. The number of fused-ring (bicyclic) bond motifs is 8. The highest BCUT2D eigenvalue weighted by Gasteiger charge is 2.48. The second kappa shape index (κ2) is 23.7. The van der Waals surface area contributed by atoms with E-state index in [2.05, 4.69) is 365 Å². The van der Waals surface area contributed by atoms with E-state index in [1.807, 2.05) is 0 Å². The van der Waals surface area contributed by atoms with Crippen molar-refractivity contribution in [1.82, 2.24) is 0 Å². The summed E-state index contributed by atoms with van der Waals surface area (Å²) in [6, 6.07) is 121. The van der Waals surface area contributed by atoms with Crippen LogP contribution in [0.4, 0.5) is 34.1 Å². The molecule has 0 radical (unpaired) electrons. The molecule has 100 heavy (non-hydrogen) atoms. The quantitative estimate of drug-likeness (QED) is 0.127. The average molecular weight is 1280 g/mol. The van der Waals surface area contributed by atoms with Crippen molar-refractivity contribution in [3.8, 4) is 112 Å². The lowest BCUT2D eigenvalue weighted by molar-refractivity contribution is 0.466. The summed E-state index contributed by atoms with van der Waals surface area (Å²) in [7, 11) is 0. The number of benzene rings is 15. The zero-order valence-electron chi connectivity index (χ0n) is 56.0. The van der Waals surface area contributed by atoms with Gasteiger partial charge in [-0.25, -0.2) is 0 Å². The molecule has 0 bridgehead atoms. The maximum Gasteiger partial charge on any atom is 0.256 e.